The molecule has 21 heavy (non-hydrogen) atoms. The van der Waals surface area contributed by atoms with E-state index < -0.39 is 0 Å². The first-order valence-corrected chi connectivity index (χ1v) is 6.99. The van der Waals surface area contributed by atoms with E-state index in [1.165, 1.54) is 14.0 Å². The number of amides is 3. The smallest absolute Gasteiger partial charge is 0.319 e. The summed E-state index contributed by atoms with van der Waals surface area (Å²) in [4.78, 5) is 22.9. The first-order valence-electron chi connectivity index (χ1n) is 6.99. The number of anilines is 2. The van der Waals surface area contributed by atoms with E-state index in [1.54, 1.807) is 18.2 Å². The first kappa shape index (κ1) is 16.8. The summed E-state index contributed by atoms with van der Waals surface area (Å²) in [6, 6.07) is 4.92. The van der Waals surface area contributed by atoms with Crippen molar-refractivity contribution in [3.63, 3.8) is 0 Å². The van der Waals surface area contributed by atoms with Gasteiger partial charge in [-0.2, -0.15) is 0 Å². The molecule has 0 heterocycles. The number of benzene rings is 1. The van der Waals surface area contributed by atoms with Crippen molar-refractivity contribution in [3.05, 3.63) is 18.2 Å². The molecule has 0 aliphatic heterocycles. The van der Waals surface area contributed by atoms with E-state index in [1.807, 2.05) is 6.92 Å². The second kappa shape index (κ2) is 8.14. The van der Waals surface area contributed by atoms with Crippen molar-refractivity contribution < 1.29 is 14.3 Å². The average Bonchev–Trinajstić information content (AvgIpc) is 2.39. The Balaban J connectivity index is 2.71. The lowest BCUT2D eigenvalue weighted by atomic mass is 10.2. The number of carbonyl (C=O) groups excluding carboxylic acids is 2. The van der Waals surface area contributed by atoms with Gasteiger partial charge in [-0.1, -0.05) is 13.3 Å². The number of rotatable bonds is 6. The molecule has 6 heteroatoms. The zero-order chi connectivity index (χ0) is 15.8. The predicted octanol–water partition coefficient (Wildman–Crippen LogP) is 2.96. The van der Waals surface area contributed by atoms with Crippen molar-refractivity contribution in [2.75, 3.05) is 17.7 Å². The highest BCUT2D eigenvalue weighted by atomic mass is 16.5. The van der Waals surface area contributed by atoms with Crippen LogP contribution in [-0.2, 0) is 4.79 Å². The van der Waals surface area contributed by atoms with Crippen molar-refractivity contribution in [2.24, 2.45) is 0 Å². The lowest BCUT2D eigenvalue weighted by Crippen LogP contribution is -2.35. The number of nitrogens with one attached hydrogen (secondary N) is 3. The van der Waals surface area contributed by atoms with Crippen molar-refractivity contribution in [1.82, 2.24) is 5.32 Å². The molecule has 116 valence electrons. The average molecular weight is 293 g/mol. The fourth-order valence-electron chi connectivity index (χ4n) is 1.96. The highest BCUT2D eigenvalue weighted by Gasteiger charge is 2.09. The van der Waals surface area contributed by atoms with Crippen molar-refractivity contribution in [2.45, 2.75) is 39.7 Å². The van der Waals surface area contributed by atoms with E-state index in [0.29, 0.717) is 17.1 Å². The predicted molar refractivity (Wildman–Crippen MR) is 83.8 cm³/mol. The molecule has 1 rings (SSSR count). The van der Waals surface area contributed by atoms with Gasteiger partial charge in [0.25, 0.3) is 0 Å². The molecule has 0 aromatic heterocycles. The van der Waals surface area contributed by atoms with Crippen LogP contribution in [0.25, 0.3) is 0 Å². The molecule has 0 saturated carbocycles. The van der Waals surface area contributed by atoms with E-state index in [4.69, 9.17) is 4.74 Å². The molecule has 0 bridgehead atoms. The second-order valence-corrected chi connectivity index (χ2v) is 4.88. The number of hydrogen-bond acceptors (Lipinski definition) is 3. The van der Waals surface area contributed by atoms with Gasteiger partial charge in [-0.3, -0.25) is 4.79 Å². The van der Waals surface area contributed by atoms with Crippen molar-refractivity contribution in [1.29, 1.82) is 0 Å². The number of hydrogen-bond donors (Lipinski definition) is 3. The van der Waals surface area contributed by atoms with Crippen LogP contribution in [0.4, 0.5) is 16.2 Å². The van der Waals surface area contributed by atoms with Crippen LogP contribution in [0.1, 0.15) is 33.6 Å². The Morgan fingerprint density at radius 2 is 2.00 bits per heavy atom. The minimum absolute atomic E-state index is 0.121. The Morgan fingerprint density at radius 3 is 2.57 bits per heavy atom. The summed E-state index contributed by atoms with van der Waals surface area (Å²) in [6.45, 7) is 5.46. The van der Waals surface area contributed by atoms with Crippen LogP contribution in [0.5, 0.6) is 5.75 Å². The Labute approximate surface area is 125 Å². The first-order chi connectivity index (χ1) is 9.96. The lowest BCUT2D eigenvalue weighted by molar-refractivity contribution is -0.114. The standard InChI is InChI=1S/C15H23N3O3/c1-5-6-10(2)16-15(20)18-12-7-8-13(17-11(3)19)14(9-12)21-4/h7-10H,5-6H2,1-4H3,(H,17,19)(H2,16,18,20). The summed E-state index contributed by atoms with van der Waals surface area (Å²) in [5.41, 5.74) is 1.16. The lowest BCUT2D eigenvalue weighted by Gasteiger charge is -2.15. The van der Waals surface area contributed by atoms with Gasteiger partial charge in [-0.15, -0.1) is 0 Å². The highest BCUT2D eigenvalue weighted by molar-refractivity contribution is 5.93. The molecule has 1 aromatic carbocycles. The molecule has 0 radical (unpaired) electrons. The molecule has 0 saturated heterocycles. The van der Waals surface area contributed by atoms with Gasteiger partial charge < -0.3 is 20.7 Å². The number of urea groups is 1. The topological polar surface area (TPSA) is 79.5 Å². The van der Waals surface area contributed by atoms with Gasteiger partial charge in [0.05, 0.1) is 12.8 Å². The van der Waals surface area contributed by atoms with Crippen molar-refractivity contribution in [3.8, 4) is 5.75 Å². The maximum absolute atomic E-state index is 11.8. The minimum Gasteiger partial charge on any atom is -0.494 e. The number of carbonyl (C=O) groups is 2. The Bertz CT molecular complexity index is 503. The third kappa shape index (κ3) is 5.72. The summed E-state index contributed by atoms with van der Waals surface area (Å²) >= 11 is 0. The van der Waals surface area contributed by atoms with Crippen LogP contribution in [0.3, 0.4) is 0 Å². The van der Waals surface area contributed by atoms with Gasteiger partial charge in [0.1, 0.15) is 5.75 Å². The van der Waals surface area contributed by atoms with Gasteiger partial charge in [0.2, 0.25) is 5.91 Å². The molecule has 0 spiro atoms. The number of methoxy groups -OCH3 is 1. The molecule has 0 aliphatic carbocycles. The molecule has 1 atom stereocenters. The van der Waals surface area contributed by atoms with Crippen LogP contribution in [0.15, 0.2) is 18.2 Å². The van der Waals surface area contributed by atoms with Crippen LogP contribution < -0.4 is 20.7 Å². The normalized spacial score (nSPS) is 11.4. The van der Waals surface area contributed by atoms with Crippen LogP contribution in [0.2, 0.25) is 0 Å². The summed E-state index contributed by atoms with van der Waals surface area (Å²) in [7, 11) is 1.51. The fraction of sp³-hybridized carbons (Fsp3) is 0.467. The van der Waals surface area contributed by atoms with Crippen LogP contribution in [-0.4, -0.2) is 25.1 Å². The SMILES string of the molecule is CCCC(C)NC(=O)Nc1ccc(NC(C)=O)c(OC)c1. The zero-order valence-corrected chi connectivity index (χ0v) is 12.9. The van der Waals surface area contributed by atoms with Gasteiger partial charge in [-0.25, -0.2) is 4.79 Å². The van der Waals surface area contributed by atoms with E-state index in [9.17, 15) is 9.59 Å². The van der Waals surface area contributed by atoms with Gasteiger partial charge in [-0.05, 0) is 25.5 Å². The van der Waals surface area contributed by atoms with Gasteiger partial charge >= 0.3 is 6.03 Å². The van der Waals surface area contributed by atoms with Crippen LogP contribution in [0, 0.1) is 0 Å². The zero-order valence-electron chi connectivity index (χ0n) is 12.9. The maximum Gasteiger partial charge on any atom is 0.319 e. The molecular weight excluding hydrogens is 270 g/mol. The largest absolute Gasteiger partial charge is 0.494 e. The van der Waals surface area contributed by atoms with E-state index in [-0.39, 0.29) is 18.0 Å². The molecular formula is C15H23N3O3. The molecule has 3 N–H and O–H groups in total. The Kier molecular flexibility index (Phi) is 6.52. The minimum atomic E-state index is -0.259. The van der Waals surface area contributed by atoms with E-state index in [2.05, 4.69) is 22.9 Å². The monoisotopic (exact) mass is 293 g/mol. The molecule has 0 fully saturated rings. The Morgan fingerprint density at radius 1 is 1.29 bits per heavy atom. The molecule has 3 amide bonds. The van der Waals surface area contributed by atoms with E-state index >= 15 is 0 Å². The molecule has 1 aromatic rings. The Hall–Kier alpha value is -2.24. The summed E-state index contributed by atoms with van der Waals surface area (Å²) < 4.78 is 5.20. The second-order valence-electron chi connectivity index (χ2n) is 4.88. The van der Waals surface area contributed by atoms with Gasteiger partial charge in [0.15, 0.2) is 0 Å². The fourth-order valence-corrected chi connectivity index (χ4v) is 1.96. The molecule has 0 aliphatic rings. The summed E-state index contributed by atoms with van der Waals surface area (Å²) in [5.74, 6) is 0.310. The van der Waals surface area contributed by atoms with Crippen LogP contribution >= 0.6 is 0 Å². The highest BCUT2D eigenvalue weighted by Crippen LogP contribution is 2.27. The van der Waals surface area contributed by atoms with Crippen molar-refractivity contribution >= 4 is 23.3 Å². The quantitative estimate of drug-likeness (QED) is 0.754. The van der Waals surface area contributed by atoms with Gasteiger partial charge in [0, 0.05) is 24.7 Å². The maximum atomic E-state index is 11.8. The summed E-state index contributed by atoms with van der Waals surface area (Å²) in [6.07, 6.45) is 1.94. The summed E-state index contributed by atoms with van der Waals surface area (Å²) in [5, 5.41) is 8.26. The van der Waals surface area contributed by atoms with E-state index in [0.717, 1.165) is 12.8 Å². The molecule has 6 nitrogen and oxygen atoms in total. The third-order valence-electron chi connectivity index (χ3n) is 2.87. The number of ether oxygens (including phenoxy) is 1. The molecule has 1 unspecified atom stereocenters. The third-order valence-corrected chi connectivity index (χ3v) is 2.87.